The predicted molar refractivity (Wildman–Crippen MR) is 103 cm³/mol. The van der Waals surface area contributed by atoms with Gasteiger partial charge in [0.2, 0.25) is 0 Å². The van der Waals surface area contributed by atoms with E-state index in [1.807, 2.05) is 19.1 Å². The summed E-state index contributed by atoms with van der Waals surface area (Å²) >= 11 is 6.27. The molecule has 0 atom stereocenters. The van der Waals surface area contributed by atoms with Crippen LogP contribution in [0.25, 0.3) is 11.0 Å². The molecule has 0 N–H and O–H groups in total. The largest absolute Gasteiger partial charge is 0.459 e. The van der Waals surface area contributed by atoms with Crippen LogP contribution >= 0.6 is 11.6 Å². The number of Topliss-reactive ketones (excluding diaryl/α,β-unsaturated/α-hetero) is 1. The fourth-order valence-electron chi connectivity index (χ4n) is 3.09. The van der Waals surface area contributed by atoms with Gasteiger partial charge >= 0.3 is 0 Å². The van der Waals surface area contributed by atoms with Gasteiger partial charge in [-0.2, -0.15) is 0 Å². The minimum Gasteiger partial charge on any atom is -0.459 e. The number of hydrogen-bond acceptors (Lipinski definition) is 4. The molecule has 4 nitrogen and oxygen atoms in total. The highest BCUT2D eigenvalue weighted by atomic mass is 35.5. The van der Waals surface area contributed by atoms with E-state index in [-0.39, 0.29) is 16.4 Å². The third-order valence-corrected chi connectivity index (χ3v) is 6.36. The lowest BCUT2D eigenvalue weighted by Crippen LogP contribution is -2.05. The van der Waals surface area contributed by atoms with Crippen LogP contribution in [0.15, 0.2) is 45.7 Å². The number of halogens is 1. The molecule has 0 fully saturated rings. The monoisotopic (exact) mass is 390 g/mol. The first kappa shape index (κ1) is 18.7. The van der Waals surface area contributed by atoms with Crippen molar-refractivity contribution in [2.75, 3.05) is 0 Å². The maximum atomic E-state index is 12.7. The van der Waals surface area contributed by atoms with E-state index in [0.717, 1.165) is 12.0 Å². The predicted octanol–water partition coefficient (Wildman–Crippen LogP) is 5.13. The van der Waals surface area contributed by atoms with Crippen LogP contribution in [0.3, 0.4) is 0 Å². The van der Waals surface area contributed by atoms with E-state index >= 15 is 0 Å². The first-order valence-electron chi connectivity index (χ1n) is 8.27. The average molecular weight is 391 g/mol. The molecule has 0 aliphatic rings. The highest BCUT2D eigenvalue weighted by Crippen LogP contribution is 2.33. The Hall–Kier alpha value is -2.11. The van der Waals surface area contributed by atoms with Crippen LogP contribution in [0, 0.1) is 6.92 Å². The number of benzene rings is 2. The fraction of sp³-hybridized carbons (Fsp3) is 0.250. The number of carbonyl (C=O) groups is 1. The summed E-state index contributed by atoms with van der Waals surface area (Å²) in [6.07, 6.45) is 0.847. The molecule has 0 saturated carbocycles. The Morgan fingerprint density at radius 1 is 1.12 bits per heavy atom. The Balaban J connectivity index is 2.05. The van der Waals surface area contributed by atoms with Crippen LogP contribution in [0.5, 0.6) is 0 Å². The molecule has 3 aromatic rings. The van der Waals surface area contributed by atoms with Gasteiger partial charge in [0, 0.05) is 5.39 Å². The summed E-state index contributed by atoms with van der Waals surface area (Å²) in [6, 6.07) is 10.1. The number of aryl methyl sites for hydroxylation is 2. The second-order valence-electron chi connectivity index (χ2n) is 6.30. The molecule has 1 heterocycles. The molecule has 0 bridgehead atoms. The summed E-state index contributed by atoms with van der Waals surface area (Å²) in [7, 11) is -3.52. The first-order valence-corrected chi connectivity index (χ1v) is 10.3. The van der Waals surface area contributed by atoms with Gasteiger partial charge in [-0.05, 0) is 55.7 Å². The van der Waals surface area contributed by atoms with Crippen LogP contribution in [-0.2, 0) is 22.0 Å². The van der Waals surface area contributed by atoms with E-state index in [1.54, 1.807) is 31.2 Å². The molecular weight excluding hydrogens is 372 g/mol. The number of fused-ring (bicyclic) bond motifs is 1. The second kappa shape index (κ2) is 6.89. The van der Waals surface area contributed by atoms with Gasteiger partial charge in [-0.25, -0.2) is 8.42 Å². The molecule has 0 amide bonds. The minimum absolute atomic E-state index is 0.146. The van der Waals surface area contributed by atoms with Crippen molar-refractivity contribution in [3.63, 3.8) is 0 Å². The van der Waals surface area contributed by atoms with Crippen molar-refractivity contribution in [1.29, 1.82) is 0 Å². The van der Waals surface area contributed by atoms with E-state index in [4.69, 9.17) is 16.0 Å². The quantitative estimate of drug-likeness (QED) is 0.566. The maximum absolute atomic E-state index is 12.7. The van der Waals surface area contributed by atoms with Crippen LogP contribution in [-0.4, -0.2) is 14.2 Å². The van der Waals surface area contributed by atoms with Crippen molar-refractivity contribution in [3.8, 4) is 0 Å². The summed E-state index contributed by atoms with van der Waals surface area (Å²) in [4.78, 5) is 12.2. The molecule has 0 aliphatic heterocycles. The Kier molecular flexibility index (Phi) is 4.95. The summed E-state index contributed by atoms with van der Waals surface area (Å²) in [5.41, 5.74) is 2.44. The number of rotatable bonds is 5. The third kappa shape index (κ3) is 3.41. The maximum Gasteiger partial charge on any atom is 0.182 e. The topological polar surface area (TPSA) is 64.3 Å². The number of sulfone groups is 1. The lowest BCUT2D eigenvalue weighted by molar-refractivity contribution is 0.101. The standard InChI is InChI=1S/C20H19ClO4S/c1-4-14-5-7-16(8-6-14)26(23,24)11-15-9-17-19(12(2)22)13(3)25-20(17)18(21)10-15/h5-10H,4,11H2,1-3H3. The molecule has 0 saturated heterocycles. The molecule has 2 aromatic carbocycles. The summed E-state index contributed by atoms with van der Waals surface area (Å²) < 4.78 is 31.1. The highest BCUT2D eigenvalue weighted by molar-refractivity contribution is 7.90. The summed E-state index contributed by atoms with van der Waals surface area (Å²) in [5.74, 6) is 0.132. The van der Waals surface area contributed by atoms with Gasteiger partial charge in [0.25, 0.3) is 0 Å². The molecule has 0 radical (unpaired) electrons. The third-order valence-electron chi connectivity index (χ3n) is 4.38. The van der Waals surface area contributed by atoms with Crippen molar-refractivity contribution < 1.29 is 17.6 Å². The zero-order valence-electron chi connectivity index (χ0n) is 14.8. The van der Waals surface area contributed by atoms with Gasteiger partial charge < -0.3 is 4.42 Å². The smallest absolute Gasteiger partial charge is 0.182 e. The molecule has 136 valence electrons. The van der Waals surface area contributed by atoms with E-state index < -0.39 is 9.84 Å². The van der Waals surface area contributed by atoms with Crippen molar-refractivity contribution in [2.45, 2.75) is 37.8 Å². The van der Waals surface area contributed by atoms with Crippen molar-refractivity contribution in [1.82, 2.24) is 0 Å². The highest BCUT2D eigenvalue weighted by Gasteiger charge is 2.21. The van der Waals surface area contributed by atoms with Crippen LogP contribution in [0.1, 0.15) is 41.1 Å². The molecular formula is C20H19ClO4S. The molecule has 1 aromatic heterocycles. The summed E-state index contributed by atoms with van der Waals surface area (Å²) in [5, 5.41) is 0.846. The molecule has 26 heavy (non-hydrogen) atoms. The van der Waals surface area contributed by atoms with Crippen molar-refractivity contribution in [2.24, 2.45) is 0 Å². The number of hydrogen-bond donors (Lipinski definition) is 0. The van der Waals surface area contributed by atoms with E-state index in [1.165, 1.54) is 6.92 Å². The Bertz CT molecular complexity index is 1090. The van der Waals surface area contributed by atoms with Crippen LogP contribution in [0.4, 0.5) is 0 Å². The van der Waals surface area contributed by atoms with E-state index in [2.05, 4.69) is 0 Å². The van der Waals surface area contributed by atoms with Crippen molar-refractivity contribution >= 4 is 38.2 Å². The van der Waals surface area contributed by atoms with Gasteiger partial charge in [-0.3, -0.25) is 4.79 Å². The van der Waals surface area contributed by atoms with Gasteiger partial charge in [-0.15, -0.1) is 0 Å². The van der Waals surface area contributed by atoms with Crippen LogP contribution < -0.4 is 0 Å². The Morgan fingerprint density at radius 3 is 2.35 bits per heavy atom. The number of carbonyl (C=O) groups excluding carboxylic acids is 1. The lowest BCUT2D eigenvalue weighted by Gasteiger charge is -2.07. The molecule has 0 unspecified atom stereocenters. The Labute approximate surface area is 157 Å². The minimum atomic E-state index is -3.52. The zero-order chi connectivity index (χ0) is 19.1. The Morgan fingerprint density at radius 2 is 1.77 bits per heavy atom. The number of furan rings is 1. The van der Waals surface area contributed by atoms with E-state index in [9.17, 15) is 13.2 Å². The first-order chi connectivity index (χ1) is 12.2. The number of ketones is 1. The zero-order valence-corrected chi connectivity index (χ0v) is 16.4. The molecule has 3 rings (SSSR count). The summed E-state index contributed by atoms with van der Waals surface area (Å²) in [6.45, 7) is 5.16. The average Bonchev–Trinajstić information content (AvgIpc) is 2.91. The fourth-order valence-corrected chi connectivity index (χ4v) is 4.69. The van der Waals surface area contributed by atoms with Gasteiger partial charge in [-0.1, -0.05) is 30.7 Å². The van der Waals surface area contributed by atoms with Gasteiger partial charge in [0.15, 0.2) is 21.2 Å². The molecule has 0 spiro atoms. The second-order valence-corrected chi connectivity index (χ2v) is 8.70. The normalized spacial score (nSPS) is 11.8. The van der Waals surface area contributed by atoms with E-state index in [0.29, 0.717) is 32.9 Å². The lowest BCUT2D eigenvalue weighted by atomic mass is 10.1. The van der Waals surface area contributed by atoms with Gasteiger partial charge in [0.05, 0.1) is 21.2 Å². The van der Waals surface area contributed by atoms with Crippen LogP contribution in [0.2, 0.25) is 5.02 Å². The molecule has 6 heteroatoms. The van der Waals surface area contributed by atoms with Gasteiger partial charge in [0.1, 0.15) is 5.76 Å². The van der Waals surface area contributed by atoms with Crippen molar-refractivity contribution in [3.05, 3.63) is 63.9 Å². The SMILES string of the molecule is CCc1ccc(S(=O)(=O)Cc2cc(Cl)c3oc(C)c(C(C)=O)c3c2)cc1. The molecule has 0 aliphatic carbocycles.